The van der Waals surface area contributed by atoms with Gasteiger partial charge in [-0.3, -0.25) is 14.8 Å². The van der Waals surface area contributed by atoms with Gasteiger partial charge in [-0.15, -0.1) is 11.3 Å². The summed E-state index contributed by atoms with van der Waals surface area (Å²) in [7, 11) is 0. The number of nitrogens with zero attached hydrogens (tertiary/aromatic N) is 3. The molecule has 0 saturated carbocycles. The molecule has 7 rings (SSSR count). The molecule has 7 nitrogen and oxygen atoms in total. The van der Waals surface area contributed by atoms with Gasteiger partial charge in [0, 0.05) is 30.3 Å². The highest BCUT2D eigenvalue weighted by atomic mass is 32.1. The van der Waals surface area contributed by atoms with Crippen molar-refractivity contribution < 1.29 is 28.0 Å². The van der Waals surface area contributed by atoms with Gasteiger partial charge in [0.2, 0.25) is 0 Å². The van der Waals surface area contributed by atoms with Crippen LogP contribution in [0.4, 0.5) is 13.2 Å². The Morgan fingerprint density at radius 2 is 1.46 bits per heavy atom. The first-order valence-corrected chi connectivity index (χ1v) is 17.7. The fraction of sp³-hybridized carbons (Fsp3) is 0.308. The van der Waals surface area contributed by atoms with Crippen molar-refractivity contribution in [2.45, 2.75) is 49.7 Å². The number of hydrogen-bond acceptors (Lipinski definition) is 6. The number of hydroxylamine groups is 2. The molecule has 5 aromatic rings. The normalized spacial score (nSPS) is 15.8. The minimum Gasteiger partial charge on any atom is -0.349 e. The SMILES string of the molecule is O=C(NC1CCN(CCCCC2(C(=O)N(O)CC(F)(F)F)c3ccccc3-c3ccccc32)CC1)c1ccccc1-c1nc2ccccc2s1. The topological polar surface area (TPSA) is 85.8 Å². The number of hydrogen-bond donors (Lipinski definition) is 2. The number of fused-ring (bicyclic) bond motifs is 4. The third-order valence-electron chi connectivity index (χ3n) is 9.89. The van der Waals surface area contributed by atoms with E-state index in [2.05, 4.69) is 10.2 Å². The molecule has 0 atom stereocenters. The number of para-hydroxylation sites is 1. The van der Waals surface area contributed by atoms with E-state index in [1.807, 2.05) is 72.8 Å². The highest BCUT2D eigenvalue weighted by Gasteiger charge is 2.51. The molecule has 2 heterocycles. The number of likely N-dealkylation sites (tertiary alicyclic amines) is 1. The Bertz CT molecular complexity index is 1940. The van der Waals surface area contributed by atoms with Crippen molar-refractivity contribution in [3.05, 3.63) is 114 Å². The summed E-state index contributed by atoms with van der Waals surface area (Å²) in [6.45, 7) is 0.587. The number of rotatable bonds is 10. The molecule has 50 heavy (non-hydrogen) atoms. The fourth-order valence-corrected chi connectivity index (χ4v) is 8.54. The molecule has 0 spiro atoms. The van der Waals surface area contributed by atoms with Crippen LogP contribution in [0.3, 0.4) is 0 Å². The lowest BCUT2D eigenvalue weighted by molar-refractivity contribution is -0.215. The average Bonchev–Trinajstić information content (AvgIpc) is 3.68. The van der Waals surface area contributed by atoms with Gasteiger partial charge < -0.3 is 10.2 Å². The zero-order valence-electron chi connectivity index (χ0n) is 27.3. The maximum atomic E-state index is 13.9. The van der Waals surface area contributed by atoms with E-state index in [1.54, 1.807) is 35.6 Å². The van der Waals surface area contributed by atoms with Crippen LogP contribution in [0.5, 0.6) is 0 Å². The third kappa shape index (κ3) is 6.65. The minimum absolute atomic E-state index is 0.0266. The minimum atomic E-state index is -4.74. The van der Waals surface area contributed by atoms with Crippen LogP contribution in [0, 0.1) is 0 Å². The molecule has 0 radical (unpaired) electrons. The molecule has 0 bridgehead atoms. The van der Waals surface area contributed by atoms with Crippen molar-refractivity contribution >= 4 is 33.4 Å². The first-order chi connectivity index (χ1) is 24.1. The maximum Gasteiger partial charge on any atom is 0.408 e. The van der Waals surface area contributed by atoms with Crippen LogP contribution in [0.25, 0.3) is 31.9 Å². The number of thiazole rings is 1. The number of nitrogens with one attached hydrogen (secondary N) is 1. The molecule has 1 aliphatic heterocycles. The molecule has 2 amide bonds. The van der Waals surface area contributed by atoms with Crippen LogP contribution >= 0.6 is 11.3 Å². The number of unbranched alkanes of at least 4 members (excludes halogenated alkanes) is 1. The third-order valence-corrected chi connectivity index (χ3v) is 11.0. The van der Waals surface area contributed by atoms with Crippen LogP contribution in [0.1, 0.15) is 53.6 Å². The number of piperidine rings is 1. The van der Waals surface area contributed by atoms with Crippen molar-refractivity contribution in [1.82, 2.24) is 20.3 Å². The van der Waals surface area contributed by atoms with Gasteiger partial charge >= 0.3 is 6.18 Å². The molecular weight excluding hydrogens is 662 g/mol. The summed E-state index contributed by atoms with van der Waals surface area (Å²) in [4.78, 5) is 34.4. The Morgan fingerprint density at radius 1 is 0.860 bits per heavy atom. The largest absolute Gasteiger partial charge is 0.408 e. The number of alkyl halides is 3. The van der Waals surface area contributed by atoms with Crippen molar-refractivity contribution in [1.29, 1.82) is 0 Å². The zero-order valence-corrected chi connectivity index (χ0v) is 28.1. The summed E-state index contributed by atoms with van der Waals surface area (Å²) in [5, 5.41) is 14.4. The first-order valence-electron chi connectivity index (χ1n) is 16.9. The predicted octanol–water partition coefficient (Wildman–Crippen LogP) is 8.07. The van der Waals surface area contributed by atoms with Gasteiger partial charge in [0.25, 0.3) is 11.8 Å². The highest BCUT2D eigenvalue weighted by Crippen LogP contribution is 2.52. The number of carbonyl (C=O) groups is 2. The van der Waals surface area contributed by atoms with Crippen molar-refractivity contribution in [2.75, 3.05) is 26.2 Å². The Balaban J connectivity index is 0.976. The fourth-order valence-electron chi connectivity index (χ4n) is 7.54. The zero-order chi connectivity index (χ0) is 34.9. The van der Waals surface area contributed by atoms with E-state index < -0.39 is 24.0 Å². The summed E-state index contributed by atoms with van der Waals surface area (Å²) < 4.78 is 41.0. The van der Waals surface area contributed by atoms with Crippen LogP contribution < -0.4 is 5.32 Å². The predicted molar refractivity (Wildman–Crippen MR) is 188 cm³/mol. The van der Waals surface area contributed by atoms with Crippen LogP contribution in [0.15, 0.2) is 97.1 Å². The molecule has 1 aromatic heterocycles. The first kappa shape index (κ1) is 33.9. The van der Waals surface area contributed by atoms with Crippen molar-refractivity contribution in [3.63, 3.8) is 0 Å². The molecule has 11 heteroatoms. The van der Waals surface area contributed by atoms with Gasteiger partial charge in [0.05, 0.1) is 10.2 Å². The lowest BCUT2D eigenvalue weighted by Gasteiger charge is -2.35. The molecule has 1 fully saturated rings. The molecular formula is C39H37F3N4O3S. The second-order valence-electron chi connectivity index (χ2n) is 13.1. The average molecular weight is 699 g/mol. The lowest BCUT2D eigenvalue weighted by Crippen LogP contribution is -2.48. The van der Waals surface area contributed by atoms with Crippen LogP contribution in [-0.2, 0) is 10.2 Å². The van der Waals surface area contributed by atoms with Gasteiger partial charge in [-0.1, -0.05) is 85.3 Å². The van der Waals surface area contributed by atoms with Crippen LogP contribution in [0.2, 0.25) is 0 Å². The summed E-state index contributed by atoms with van der Waals surface area (Å²) in [6, 6.07) is 30.1. The Morgan fingerprint density at radius 3 is 2.12 bits per heavy atom. The second-order valence-corrected chi connectivity index (χ2v) is 14.1. The Kier molecular flexibility index (Phi) is 9.47. The molecule has 2 N–H and O–H groups in total. The summed E-state index contributed by atoms with van der Waals surface area (Å²) >= 11 is 1.57. The molecule has 1 saturated heterocycles. The lowest BCUT2D eigenvalue weighted by atomic mass is 9.73. The van der Waals surface area contributed by atoms with E-state index in [-0.39, 0.29) is 23.4 Å². The summed E-state index contributed by atoms with van der Waals surface area (Å²) in [6.07, 6.45) is -1.63. The van der Waals surface area contributed by atoms with E-state index in [1.165, 1.54) is 0 Å². The molecule has 4 aromatic carbocycles. The van der Waals surface area contributed by atoms with Crippen molar-refractivity contribution in [2.24, 2.45) is 0 Å². The second kappa shape index (κ2) is 14.0. The number of carbonyl (C=O) groups excluding carboxylic acids is 2. The summed E-state index contributed by atoms with van der Waals surface area (Å²) in [5.74, 6) is -1.08. The van der Waals surface area contributed by atoms with E-state index in [9.17, 15) is 28.0 Å². The molecule has 2 aliphatic rings. The van der Waals surface area contributed by atoms with Gasteiger partial charge in [-0.05, 0) is 72.7 Å². The van der Waals surface area contributed by atoms with Gasteiger partial charge in [0.15, 0.2) is 0 Å². The molecule has 1 aliphatic carbocycles. The summed E-state index contributed by atoms with van der Waals surface area (Å²) in [5.41, 5.74) is 3.73. The van der Waals surface area contributed by atoms with E-state index >= 15 is 0 Å². The van der Waals surface area contributed by atoms with E-state index in [0.29, 0.717) is 23.1 Å². The Hall–Kier alpha value is -4.58. The van der Waals surface area contributed by atoms with Crippen LogP contribution in [-0.4, -0.2) is 70.4 Å². The highest BCUT2D eigenvalue weighted by molar-refractivity contribution is 7.21. The standard InChI is InChI=1S/C39H37F3N4O3S/c40-39(41,42)25-46(49)37(48)38(31-15-5-3-11-27(31)28-12-4-6-16-32(28)38)21-9-10-22-45-23-19-26(20-24-45)43-35(47)29-13-1-2-14-30(29)36-44-33-17-7-8-18-34(33)50-36/h1-8,11-18,26,49H,9-10,19-25H2,(H,43,47). The van der Waals surface area contributed by atoms with E-state index in [4.69, 9.17) is 4.98 Å². The molecule has 258 valence electrons. The molecule has 0 unspecified atom stereocenters. The number of halogens is 3. The Labute approximate surface area is 292 Å². The van der Waals surface area contributed by atoms with Gasteiger partial charge in [-0.25, -0.2) is 10.0 Å². The number of benzene rings is 4. The van der Waals surface area contributed by atoms with E-state index in [0.717, 1.165) is 70.8 Å². The number of amides is 2. The van der Waals surface area contributed by atoms with Crippen molar-refractivity contribution in [3.8, 4) is 21.7 Å². The van der Waals surface area contributed by atoms with Gasteiger partial charge in [0.1, 0.15) is 17.0 Å². The van der Waals surface area contributed by atoms with Gasteiger partial charge in [-0.2, -0.15) is 13.2 Å². The monoisotopic (exact) mass is 698 g/mol. The number of aromatic nitrogens is 1. The smallest absolute Gasteiger partial charge is 0.349 e. The maximum absolute atomic E-state index is 13.9. The quantitative estimate of drug-likeness (QED) is 0.0876.